The van der Waals surface area contributed by atoms with Crippen molar-refractivity contribution in [2.24, 2.45) is 0 Å². The summed E-state index contributed by atoms with van der Waals surface area (Å²) in [6, 6.07) is 12.2. The van der Waals surface area contributed by atoms with Crippen LogP contribution in [0.15, 0.2) is 64.9 Å². The van der Waals surface area contributed by atoms with E-state index in [4.69, 9.17) is 4.74 Å². The van der Waals surface area contributed by atoms with Crippen molar-refractivity contribution in [2.75, 3.05) is 29.8 Å². The molecule has 0 aliphatic rings. The topological polar surface area (TPSA) is 75.7 Å². The molecule has 33 heavy (non-hydrogen) atoms. The Morgan fingerprint density at radius 1 is 1.12 bits per heavy atom. The summed E-state index contributed by atoms with van der Waals surface area (Å²) in [5, 5.41) is 4.12. The number of anilines is 2. The van der Waals surface area contributed by atoms with Crippen molar-refractivity contribution in [3.05, 3.63) is 70.4 Å². The van der Waals surface area contributed by atoms with Gasteiger partial charge in [-0.25, -0.2) is 8.42 Å². The number of sulfonamides is 1. The molecule has 1 N–H and O–H groups in total. The summed E-state index contributed by atoms with van der Waals surface area (Å²) in [7, 11) is -2.68. The van der Waals surface area contributed by atoms with E-state index in [1.54, 1.807) is 24.3 Å². The fourth-order valence-electron chi connectivity index (χ4n) is 2.98. The van der Waals surface area contributed by atoms with Crippen molar-refractivity contribution in [1.82, 2.24) is 0 Å². The van der Waals surface area contributed by atoms with Crippen LogP contribution in [-0.4, -0.2) is 34.4 Å². The summed E-state index contributed by atoms with van der Waals surface area (Å²) in [5.74, 6) is 0.0418. The van der Waals surface area contributed by atoms with Gasteiger partial charge in [-0.3, -0.25) is 9.10 Å². The number of Topliss-reactive ketones (excluding diaryl/α,β-unsaturated/α-hetero) is 1. The number of ether oxygens (including phenoxy) is 1. The van der Waals surface area contributed by atoms with Crippen LogP contribution < -0.4 is 14.4 Å². The Morgan fingerprint density at radius 2 is 1.82 bits per heavy atom. The molecule has 3 aromatic rings. The molecule has 0 saturated carbocycles. The first-order valence-electron chi connectivity index (χ1n) is 9.77. The monoisotopic (exact) mass is 498 g/mol. The second kappa shape index (κ2) is 9.84. The maximum atomic E-state index is 13.2. The lowest BCUT2D eigenvalue weighted by molar-refractivity contribution is -0.137. The van der Waals surface area contributed by atoms with Gasteiger partial charge in [-0.2, -0.15) is 13.2 Å². The highest BCUT2D eigenvalue weighted by Gasteiger charge is 2.31. The summed E-state index contributed by atoms with van der Waals surface area (Å²) in [6.07, 6.45) is -4.51. The van der Waals surface area contributed by atoms with Gasteiger partial charge in [0.2, 0.25) is 0 Å². The zero-order chi connectivity index (χ0) is 24.2. The van der Waals surface area contributed by atoms with Gasteiger partial charge in [-0.1, -0.05) is 6.07 Å². The SMILES string of the molecule is CCOc1ccc(N(C)S(=O)(=O)c2ccsc2C(=O)CNc2cccc(C(F)(F)F)c2)cc1. The number of nitrogens with one attached hydrogen (secondary N) is 1. The molecular weight excluding hydrogens is 477 g/mol. The van der Waals surface area contributed by atoms with Crippen molar-refractivity contribution in [2.45, 2.75) is 18.0 Å². The fourth-order valence-corrected chi connectivity index (χ4v) is 5.53. The Hall–Kier alpha value is -3.05. The molecule has 1 aromatic heterocycles. The van der Waals surface area contributed by atoms with Crippen molar-refractivity contribution in [1.29, 1.82) is 0 Å². The van der Waals surface area contributed by atoms with Crippen molar-refractivity contribution < 1.29 is 31.1 Å². The number of benzene rings is 2. The van der Waals surface area contributed by atoms with E-state index in [1.807, 2.05) is 6.92 Å². The van der Waals surface area contributed by atoms with Crippen LogP contribution in [0, 0.1) is 0 Å². The van der Waals surface area contributed by atoms with Crippen LogP contribution in [0.1, 0.15) is 22.2 Å². The van der Waals surface area contributed by atoms with Gasteiger partial charge in [-0.05, 0) is 60.8 Å². The molecule has 6 nitrogen and oxygen atoms in total. The first kappa shape index (κ1) is 24.6. The lowest BCUT2D eigenvalue weighted by Crippen LogP contribution is -2.28. The zero-order valence-electron chi connectivity index (χ0n) is 17.7. The number of thiophene rings is 1. The molecule has 0 saturated heterocycles. The van der Waals surface area contributed by atoms with E-state index >= 15 is 0 Å². The smallest absolute Gasteiger partial charge is 0.416 e. The third kappa shape index (κ3) is 5.66. The lowest BCUT2D eigenvalue weighted by Gasteiger charge is -2.20. The number of nitrogens with zero attached hydrogens (tertiary/aromatic N) is 1. The van der Waals surface area contributed by atoms with E-state index in [2.05, 4.69) is 5.32 Å². The van der Waals surface area contributed by atoms with Crippen LogP contribution in [-0.2, 0) is 16.2 Å². The van der Waals surface area contributed by atoms with Crippen LogP contribution in [0.5, 0.6) is 5.75 Å². The van der Waals surface area contributed by atoms with Crippen LogP contribution >= 0.6 is 11.3 Å². The van der Waals surface area contributed by atoms with E-state index in [9.17, 15) is 26.4 Å². The van der Waals surface area contributed by atoms with Gasteiger partial charge in [0.1, 0.15) is 10.6 Å². The highest BCUT2D eigenvalue weighted by molar-refractivity contribution is 7.93. The van der Waals surface area contributed by atoms with E-state index < -0.39 is 27.5 Å². The predicted molar refractivity (Wildman–Crippen MR) is 122 cm³/mol. The van der Waals surface area contributed by atoms with Gasteiger partial charge in [0, 0.05) is 12.7 Å². The van der Waals surface area contributed by atoms with Crippen molar-refractivity contribution in [3.8, 4) is 5.75 Å². The minimum atomic E-state index is -4.51. The number of ketones is 1. The summed E-state index contributed by atoms with van der Waals surface area (Å²) in [5.41, 5.74) is -0.368. The molecule has 0 spiro atoms. The minimum absolute atomic E-state index is 0.00716. The van der Waals surface area contributed by atoms with Gasteiger partial charge in [0.25, 0.3) is 10.0 Å². The molecule has 0 atom stereocenters. The highest BCUT2D eigenvalue weighted by Crippen LogP contribution is 2.31. The number of carbonyl (C=O) groups is 1. The average Bonchev–Trinajstić information content (AvgIpc) is 3.28. The summed E-state index contributed by atoms with van der Waals surface area (Å²) in [4.78, 5) is 12.6. The van der Waals surface area contributed by atoms with E-state index in [0.717, 1.165) is 27.8 Å². The van der Waals surface area contributed by atoms with Crippen LogP contribution in [0.25, 0.3) is 0 Å². The highest BCUT2D eigenvalue weighted by atomic mass is 32.2. The molecule has 0 aliphatic heterocycles. The van der Waals surface area contributed by atoms with Gasteiger partial charge < -0.3 is 10.1 Å². The molecular formula is C22H21F3N2O4S2. The Bertz CT molecular complexity index is 1220. The van der Waals surface area contributed by atoms with Crippen molar-refractivity contribution in [3.63, 3.8) is 0 Å². The third-order valence-electron chi connectivity index (χ3n) is 4.68. The number of hydrogen-bond acceptors (Lipinski definition) is 6. The normalized spacial score (nSPS) is 11.8. The van der Waals surface area contributed by atoms with E-state index in [1.165, 1.54) is 30.6 Å². The molecule has 0 fully saturated rings. The number of carbonyl (C=O) groups excluding carboxylic acids is 1. The molecule has 11 heteroatoms. The van der Waals surface area contributed by atoms with E-state index in [-0.39, 0.29) is 22.0 Å². The maximum absolute atomic E-state index is 13.2. The molecule has 0 unspecified atom stereocenters. The Kier molecular flexibility index (Phi) is 7.33. The molecule has 2 aromatic carbocycles. The standard InChI is InChI=1S/C22H21F3N2O4S2/c1-3-31-18-9-7-17(8-10-18)27(2)33(29,30)20-11-12-32-21(20)19(28)14-26-16-6-4-5-15(13-16)22(23,24)25/h4-13,26H,3,14H2,1-2H3. The molecule has 0 aliphatic carbocycles. The molecule has 3 rings (SSSR count). The largest absolute Gasteiger partial charge is 0.494 e. The molecule has 1 heterocycles. The number of alkyl halides is 3. The summed E-state index contributed by atoms with van der Waals surface area (Å²) in [6.45, 7) is 1.95. The number of halogens is 3. The number of hydrogen-bond donors (Lipinski definition) is 1. The van der Waals surface area contributed by atoms with Crippen molar-refractivity contribution >= 4 is 38.5 Å². The minimum Gasteiger partial charge on any atom is -0.494 e. The second-order valence-corrected chi connectivity index (χ2v) is 9.72. The first-order chi connectivity index (χ1) is 15.5. The predicted octanol–water partition coefficient (Wildman–Crippen LogP) is 5.29. The molecule has 0 radical (unpaired) electrons. The van der Waals surface area contributed by atoms with Crippen LogP contribution in [0.2, 0.25) is 0 Å². The van der Waals surface area contributed by atoms with E-state index in [0.29, 0.717) is 18.0 Å². The van der Waals surface area contributed by atoms with Crippen LogP contribution in [0.3, 0.4) is 0 Å². The molecule has 176 valence electrons. The number of rotatable bonds is 9. The molecule has 0 bridgehead atoms. The first-order valence-corrected chi connectivity index (χ1v) is 12.1. The summed E-state index contributed by atoms with van der Waals surface area (Å²) < 4.78 is 71.4. The maximum Gasteiger partial charge on any atom is 0.416 e. The van der Waals surface area contributed by atoms with Gasteiger partial charge in [0.15, 0.2) is 5.78 Å². The molecule has 0 amide bonds. The quantitative estimate of drug-likeness (QED) is 0.406. The fraction of sp³-hybridized carbons (Fsp3) is 0.227. The second-order valence-electron chi connectivity index (χ2n) is 6.87. The Labute approximate surface area is 193 Å². The van der Waals surface area contributed by atoms with Gasteiger partial charge >= 0.3 is 6.18 Å². The van der Waals surface area contributed by atoms with Crippen LogP contribution in [0.4, 0.5) is 24.5 Å². The van der Waals surface area contributed by atoms with Gasteiger partial charge in [0.05, 0.1) is 29.3 Å². The lowest BCUT2D eigenvalue weighted by atomic mass is 10.2. The third-order valence-corrected chi connectivity index (χ3v) is 7.59. The Balaban J connectivity index is 1.77. The summed E-state index contributed by atoms with van der Waals surface area (Å²) >= 11 is 0.953. The Morgan fingerprint density at radius 3 is 2.45 bits per heavy atom. The average molecular weight is 499 g/mol. The zero-order valence-corrected chi connectivity index (χ0v) is 19.4. The van der Waals surface area contributed by atoms with Gasteiger partial charge in [-0.15, -0.1) is 11.3 Å².